The van der Waals surface area contributed by atoms with Crippen LogP contribution >= 0.6 is 23.2 Å². The zero-order chi connectivity index (χ0) is 25.9. The number of amides is 2. The van der Waals surface area contributed by atoms with Crippen molar-refractivity contribution in [3.8, 4) is 6.07 Å². The highest BCUT2D eigenvalue weighted by molar-refractivity contribution is 7.92. The average Bonchev–Trinajstić information content (AvgIpc) is 3.75. The Kier molecular flexibility index (Phi) is 6.05. The Morgan fingerprint density at radius 2 is 1.75 bits per heavy atom. The molecule has 3 fully saturated rings. The number of nitriles is 1. The summed E-state index contributed by atoms with van der Waals surface area (Å²) in [6.45, 7) is -0.220. The van der Waals surface area contributed by atoms with Crippen LogP contribution in [0.5, 0.6) is 0 Å². The molecule has 3 aliphatic rings. The van der Waals surface area contributed by atoms with E-state index in [0.29, 0.717) is 30.7 Å². The van der Waals surface area contributed by atoms with Crippen LogP contribution in [-0.4, -0.2) is 48.5 Å². The molecule has 2 aromatic rings. The van der Waals surface area contributed by atoms with Crippen molar-refractivity contribution in [1.29, 1.82) is 5.26 Å². The fourth-order valence-corrected chi connectivity index (χ4v) is 7.24. The molecule has 0 aromatic heterocycles. The maximum Gasteiger partial charge on any atom is 0.244 e. The van der Waals surface area contributed by atoms with Crippen molar-refractivity contribution in [2.45, 2.75) is 59.2 Å². The van der Waals surface area contributed by atoms with Gasteiger partial charge in [-0.25, -0.2) is 12.8 Å². The molecule has 2 aliphatic carbocycles. The summed E-state index contributed by atoms with van der Waals surface area (Å²) in [6.07, 6.45) is 1.95. The van der Waals surface area contributed by atoms with Crippen molar-refractivity contribution < 1.29 is 22.4 Å². The molecular weight excluding hydrogens is 528 g/mol. The van der Waals surface area contributed by atoms with Crippen molar-refractivity contribution >= 4 is 44.9 Å². The second-order valence-corrected chi connectivity index (χ2v) is 12.8. The summed E-state index contributed by atoms with van der Waals surface area (Å²) in [7, 11) is -4.10. The Hall–Kier alpha value is -2.67. The highest BCUT2D eigenvalue weighted by Gasteiger charge is 2.58. The molecule has 2 aromatic carbocycles. The van der Waals surface area contributed by atoms with Crippen LogP contribution < -0.4 is 5.32 Å². The van der Waals surface area contributed by atoms with Crippen molar-refractivity contribution in [2.75, 3.05) is 6.54 Å². The molecule has 2 atom stereocenters. The van der Waals surface area contributed by atoms with E-state index < -0.39 is 43.8 Å². The van der Waals surface area contributed by atoms with Gasteiger partial charge in [0.25, 0.3) is 0 Å². The number of hydrogen-bond acceptors (Lipinski definition) is 5. The highest BCUT2D eigenvalue weighted by atomic mass is 35.5. The van der Waals surface area contributed by atoms with Crippen LogP contribution in [0.15, 0.2) is 47.4 Å². The Bertz CT molecular complexity index is 1400. The van der Waals surface area contributed by atoms with Crippen LogP contribution in [0.3, 0.4) is 0 Å². The van der Waals surface area contributed by atoms with Gasteiger partial charge in [-0.1, -0.05) is 35.3 Å². The number of rotatable bonds is 6. The van der Waals surface area contributed by atoms with Gasteiger partial charge < -0.3 is 10.2 Å². The molecule has 1 unspecified atom stereocenters. The normalized spacial score (nSPS) is 23.6. The zero-order valence-electron chi connectivity index (χ0n) is 19.0. The number of hydrogen-bond donors (Lipinski definition) is 1. The Morgan fingerprint density at radius 3 is 2.31 bits per heavy atom. The van der Waals surface area contributed by atoms with Crippen LogP contribution in [0.25, 0.3) is 0 Å². The van der Waals surface area contributed by atoms with Gasteiger partial charge in [0.15, 0.2) is 9.84 Å². The molecule has 188 valence electrons. The molecule has 7 nitrogen and oxygen atoms in total. The SMILES string of the molecule is N#CC1(NC(=O)[C@@H]2CC(S(=O)(=O)c3ccc(F)cc3Cl)CN2C(=O)C2(c3ccc(Cl)cc3)CC2)CC1. The number of benzene rings is 2. The molecule has 36 heavy (non-hydrogen) atoms. The minimum Gasteiger partial charge on any atom is -0.336 e. The molecule has 1 saturated heterocycles. The third kappa shape index (κ3) is 4.25. The van der Waals surface area contributed by atoms with Crippen LogP contribution in [0.4, 0.5) is 4.39 Å². The van der Waals surface area contributed by atoms with Gasteiger partial charge in [0, 0.05) is 11.6 Å². The fourth-order valence-electron chi connectivity index (χ4n) is 4.88. The topological polar surface area (TPSA) is 107 Å². The number of sulfone groups is 1. The minimum atomic E-state index is -4.10. The molecule has 2 amide bonds. The predicted octanol–water partition coefficient (Wildman–Crippen LogP) is 3.78. The van der Waals surface area contributed by atoms with E-state index >= 15 is 0 Å². The summed E-state index contributed by atoms with van der Waals surface area (Å²) in [5.74, 6) is -1.57. The first kappa shape index (κ1) is 25.0. The van der Waals surface area contributed by atoms with Gasteiger partial charge in [0.2, 0.25) is 11.8 Å². The van der Waals surface area contributed by atoms with Gasteiger partial charge in [-0.2, -0.15) is 5.26 Å². The number of halogens is 3. The van der Waals surface area contributed by atoms with E-state index in [1.807, 2.05) is 0 Å². The lowest BCUT2D eigenvalue weighted by atomic mass is 9.94. The number of likely N-dealkylation sites (tertiary alicyclic amines) is 1. The van der Waals surface area contributed by atoms with Gasteiger partial charge in [-0.15, -0.1) is 0 Å². The smallest absolute Gasteiger partial charge is 0.244 e. The van der Waals surface area contributed by atoms with Crippen LogP contribution in [0, 0.1) is 17.1 Å². The highest BCUT2D eigenvalue weighted by Crippen LogP contribution is 2.51. The van der Waals surface area contributed by atoms with Crippen molar-refractivity contribution in [3.63, 3.8) is 0 Å². The summed E-state index contributed by atoms with van der Waals surface area (Å²) in [5, 5.41) is 11.3. The first-order valence-electron chi connectivity index (χ1n) is 11.5. The molecule has 5 rings (SSSR count). The zero-order valence-corrected chi connectivity index (χ0v) is 21.3. The van der Waals surface area contributed by atoms with Crippen molar-refractivity contribution in [3.05, 3.63) is 63.9 Å². The van der Waals surface area contributed by atoms with E-state index in [4.69, 9.17) is 23.2 Å². The third-order valence-electron chi connectivity index (χ3n) is 7.35. The molecule has 1 aliphatic heterocycles. The van der Waals surface area contributed by atoms with Crippen LogP contribution in [-0.2, 0) is 24.8 Å². The molecule has 1 N–H and O–H groups in total. The standard InChI is InChI=1S/C25H22Cl2FN3O4S/c26-16-3-1-15(2-4-16)25(9-10-25)23(33)31-13-18(12-20(31)22(32)30-24(14-29)7-8-24)36(34,35)21-6-5-17(28)11-19(21)27/h1-6,11,18,20H,7-10,12-13H2,(H,30,32)/t18?,20-/m0/s1. The van der Waals surface area contributed by atoms with Crippen LogP contribution in [0.1, 0.15) is 37.7 Å². The van der Waals surface area contributed by atoms with E-state index in [0.717, 1.165) is 23.8 Å². The lowest BCUT2D eigenvalue weighted by molar-refractivity contribution is -0.140. The fraction of sp³-hybridized carbons (Fsp3) is 0.400. The monoisotopic (exact) mass is 549 g/mol. The number of nitrogens with zero attached hydrogens (tertiary/aromatic N) is 2. The van der Waals surface area contributed by atoms with Gasteiger partial charge in [0.1, 0.15) is 17.4 Å². The Morgan fingerprint density at radius 1 is 1.08 bits per heavy atom. The van der Waals surface area contributed by atoms with Crippen molar-refractivity contribution in [1.82, 2.24) is 10.2 Å². The summed E-state index contributed by atoms with van der Waals surface area (Å²) in [6, 6.07) is 10.9. The molecule has 2 saturated carbocycles. The number of carbonyl (C=O) groups is 2. The lowest BCUT2D eigenvalue weighted by Gasteiger charge is -2.29. The van der Waals surface area contributed by atoms with Gasteiger partial charge in [-0.3, -0.25) is 9.59 Å². The van der Waals surface area contributed by atoms with Crippen LogP contribution in [0.2, 0.25) is 10.0 Å². The van der Waals surface area contributed by atoms with E-state index in [1.165, 1.54) is 4.90 Å². The summed E-state index contributed by atoms with van der Waals surface area (Å²) >= 11 is 12.1. The predicted molar refractivity (Wildman–Crippen MR) is 131 cm³/mol. The first-order chi connectivity index (χ1) is 17.0. The number of nitrogens with one attached hydrogen (secondary N) is 1. The molecular formula is C25H22Cl2FN3O4S. The third-order valence-corrected chi connectivity index (χ3v) is 10.2. The van der Waals surface area contributed by atoms with E-state index in [2.05, 4.69) is 11.4 Å². The van der Waals surface area contributed by atoms with Gasteiger partial charge in [-0.05, 0) is 68.0 Å². The largest absolute Gasteiger partial charge is 0.336 e. The second-order valence-electron chi connectivity index (χ2n) is 9.72. The summed E-state index contributed by atoms with van der Waals surface area (Å²) in [5.41, 5.74) is -1.09. The van der Waals surface area contributed by atoms with E-state index in [9.17, 15) is 27.7 Å². The first-order valence-corrected chi connectivity index (χ1v) is 13.8. The molecule has 11 heteroatoms. The van der Waals surface area contributed by atoms with Gasteiger partial charge in [0.05, 0.1) is 26.7 Å². The molecule has 0 radical (unpaired) electrons. The lowest BCUT2D eigenvalue weighted by Crippen LogP contribution is -2.51. The molecule has 0 spiro atoms. The summed E-state index contributed by atoms with van der Waals surface area (Å²) < 4.78 is 40.5. The summed E-state index contributed by atoms with van der Waals surface area (Å²) in [4.78, 5) is 28.2. The van der Waals surface area contributed by atoms with E-state index in [1.54, 1.807) is 24.3 Å². The van der Waals surface area contributed by atoms with Gasteiger partial charge >= 0.3 is 0 Å². The average molecular weight is 550 g/mol. The molecule has 1 heterocycles. The maximum atomic E-state index is 13.9. The quantitative estimate of drug-likeness (QED) is 0.551. The van der Waals surface area contributed by atoms with Crippen molar-refractivity contribution in [2.24, 2.45) is 0 Å². The maximum absolute atomic E-state index is 13.9. The number of carbonyl (C=O) groups excluding carboxylic acids is 2. The Balaban J connectivity index is 1.48. The Labute approximate surface area is 218 Å². The van der Waals surface area contributed by atoms with E-state index in [-0.39, 0.29) is 28.8 Å². The second kappa shape index (κ2) is 8.72. The minimum absolute atomic E-state index is 0.161. The molecule has 0 bridgehead atoms.